The van der Waals surface area contributed by atoms with Crippen LogP contribution in [0.25, 0.3) is 11.5 Å². The SMILES string of the molecule is Cc1ccc(-c2nnc(NC(=O)c3cccc(S(C)(=O)=O)c3)o2)c(C)c1. The molecule has 0 fully saturated rings. The smallest absolute Gasteiger partial charge is 0.322 e. The molecular formula is C18H17N3O4S. The highest BCUT2D eigenvalue weighted by Crippen LogP contribution is 2.24. The van der Waals surface area contributed by atoms with E-state index < -0.39 is 15.7 Å². The second-order valence-electron chi connectivity index (χ2n) is 5.98. The molecule has 26 heavy (non-hydrogen) atoms. The third-order valence-corrected chi connectivity index (χ3v) is 4.89. The van der Waals surface area contributed by atoms with Gasteiger partial charge < -0.3 is 4.42 Å². The molecule has 1 aromatic heterocycles. The summed E-state index contributed by atoms with van der Waals surface area (Å²) < 4.78 is 28.7. The van der Waals surface area contributed by atoms with Crippen molar-refractivity contribution in [2.24, 2.45) is 0 Å². The summed E-state index contributed by atoms with van der Waals surface area (Å²) in [5.74, 6) is -0.242. The predicted octanol–water partition coefficient (Wildman–Crippen LogP) is 3.01. The summed E-state index contributed by atoms with van der Waals surface area (Å²) in [6, 6.07) is 11.5. The Morgan fingerprint density at radius 2 is 1.85 bits per heavy atom. The van der Waals surface area contributed by atoms with Crippen LogP contribution in [-0.2, 0) is 9.84 Å². The summed E-state index contributed by atoms with van der Waals surface area (Å²) in [5, 5.41) is 10.3. The predicted molar refractivity (Wildman–Crippen MR) is 96.7 cm³/mol. The molecule has 1 heterocycles. The molecule has 3 rings (SSSR count). The Labute approximate surface area is 151 Å². The fourth-order valence-corrected chi connectivity index (χ4v) is 3.14. The largest absolute Gasteiger partial charge is 0.403 e. The number of aryl methyl sites for hydroxylation is 2. The van der Waals surface area contributed by atoms with Gasteiger partial charge in [0, 0.05) is 17.4 Å². The van der Waals surface area contributed by atoms with Gasteiger partial charge in [0.05, 0.1) is 4.90 Å². The molecule has 7 nitrogen and oxygen atoms in total. The van der Waals surface area contributed by atoms with Crippen LogP contribution in [0.5, 0.6) is 0 Å². The van der Waals surface area contributed by atoms with Gasteiger partial charge >= 0.3 is 6.01 Å². The topological polar surface area (TPSA) is 102 Å². The van der Waals surface area contributed by atoms with Crippen molar-refractivity contribution in [2.45, 2.75) is 18.7 Å². The second-order valence-corrected chi connectivity index (χ2v) is 8.00. The maximum atomic E-state index is 12.3. The van der Waals surface area contributed by atoms with E-state index in [4.69, 9.17) is 4.42 Å². The maximum absolute atomic E-state index is 12.3. The summed E-state index contributed by atoms with van der Waals surface area (Å²) in [6.07, 6.45) is 1.08. The Bertz CT molecular complexity index is 1090. The van der Waals surface area contributed by atoms with Crippen molar-refractivity contribution in [3.63, 3.8) is 0 Å². The normalized spacial score (nSPS) is 11.3. The van der Waals surface area contributed by atoms with E-state index in [9.17, 15) is 13.2 Å². The van der Waals surface area contributed by atoms with E-state index in [1.54, 1.807) is 0 Å². The Kier molecular flexibility index (Phi) is 4.60. The number of nitrogens with zero attached hydrogens (tertiary/aromatic N) is 2. The number of hydrogen-bond donors (Lipinski definition) is 1. The van der Waals surface area contributed by atoms with E-state index in [0.717, 1.165) is 22.9 Å². The zero-order valence-corrected chi connectivity index (χ0v) is 15.3. The fraction of sp³-hybridized carbons (Fsp3) is 0.167. The molecule has 134 valence electrons. The van der Waals surface area contributed by atoms with Crippen LogP contribution < -0.4 is 5.32 Å². The molecule has 8 heteroatoms. The number of anilines is 1. The summed E-state index contributed by atoms with van der Waals surface area (Å²) in [6.45, 7) is 3.92. The van der Waals surface area contributed by atoms with Crippen molar-refractivity contribution in [1.82, 2.24) is 10.2 Å². The summed E-state index contributed by atoms with van der Waals surface area (Å²) in [4.78, 5) is 12.4. The van der Waals surface area contributed by atoms with E-state index in [1.807, 2.05) is 32.0 Å². The lowest BCUT2D eigenvalue weighted by Crippen LogP contribution is -2.13. The lowest BCUT2D eigenvalue weighted by atomic mass is 10.1. The summed E-state index contributed by atoms with van der Waals surface area (Å²) in [5.41, 5.74) is 3.05. The van der Waals surface area contributed by atoms with Crippen molar-refractivity contribution >= 4 is 21.8 Å². The van der Waals surface area contributed by atoms with Gasteiger partial charge in [0.1, 0.15) is 0 Å². The van der Waals surface area contributed by atoms with Crippen molar-refractivity contribution in [3.05, 3.63) is 59.2 Å². The van der Waals surface area contributed by atoms with Crippen molar-refractivity contribution < 1.29 is 17.6 Å². The van der Waals surface area contributed by atoms with E-state index >= 15 is 0 Å². The Balaban J connectivity index is 1.82. The number of aromatic nitrogens is 2. The maximum Gasteiger partial charge on any atom is 0.322 e. The minimum atomic E-state index is -3.40. The van der Waals surface area contributed by atoms with Crippen LogP contribution in [0.2, 0.25) is 0 Å². The van der Waals surface area contributed by atoms with Gasteiger partial charge in [-0.2, -0.15) is 0 Å². The number of nitrogens with one attached hydrogen (secondary N) is 1. The first-order chi connectivity index (χ1) is 12.2. The Morgan fingerprint density at radius 3 is 2.54 bits per heavy atom. The number of hydrogen-bond acceptors (Lipinski definition) is 6. The minimum absolute atomic E-state index is 0.0604. The monoisotopic (exact) mass is 371 g/mol. The molecule has 0 atom stereocenters. The first-order valence-corrected chi connectivity index (χ1v) is 9.66. The number of sulfone groups is 1. The van der Waals surface area contributed by atoms with Gasteiger partial charge in [-0.25, -0.2) is 8.42 Å². The molecule has 0 aliphatic heterocycles. The van der Waals surface area contributed by atoms with Crippen LogP contribution >= 0.6 is 0 Å². The highest BCUT2D eigenvalue weighted by atomic mass is 32.2. The molecule has 0 aliphatic rings. The third kappa shape index (κ3) is 3.80. The standard InChI is InChI=1S/C18H17N3O4S/c1-11-7-8-15(12(2)9-11)17-20-21-18(25-17)19-16(22)13-5-4-6-14(10-13)26(3,23)24/h4-10H,1-3H3,(H,19,21,22). The van der Waals surface area contributed by atoms with Crippen molar-refractivity contribution in [2.75, 3.05) is 11.6 Å². The molecule has 0 unspecified atom stereocenters. The number of carbonyl (C=O) groups excluding carboxylic acids is 1. The first kappa shape index (κ1) is 17.8. The van der Waals surface area contributed by atoms with E-state index in [2.05, 4.69) is 15.5 Å². The molecule has 0 saturated carbocycles. The van der Waals surface area contributed by atoms with Crippen LogP contribution in [0.4, 0.5) is 6.01 Å². The number of amides is 1. The highest BCUT2D eigenvalue weighted by Gasteiger charge is 2.16. The molecule has 2 aromatic carbocycles. The zero-order chi connectivity index (χ0) is 18.9. The Hall–Kier alpha value is -3.00. The number of carbonyl (C=O) groups is 1. The first-order valence-electron chi connectivity index (χ1n) is 7.76. The highest BCUT2D eigenvalue weighted by molar-refractivity contribution is 7.90. The van der Waals surface area contributed by atoms with E-state index in [-0.39, 0.29) is 16.5 Å². The van der Waals surface area contributed by atoms with Crippen molar-refractivity contribution in [1.29, 1.82) is 0 Å². The minimum Gasteiger partial charge on any atom is -0.403 e. The van der Waals surface area contributed by atoms with Crippen LogP contribution in [0.3, 0.4) is 0 Å². The average molecular weight is 371 g/mol. The van der Waals surface area contributed by atoms with Crippen LogP contribution in [0.15, 0.2) is 51.8 Å². The van der Waals surface area contributed by atoms with Gasteiger partial charge in [0.25, 0.3) is 5.91 Å². The molecule has 3 aromatic rings. The molecule has 0 saturated heterocycles. The third-order valence-electron chi connectivity index (χ3n) is 3.78. The molecule has 1 amide bonds. The number of benzene rings is 2. The van der Waals surface area contributed by atoms with Gasteiger partial charge in [-0.1, -0.05) is 28.9 Å². The quantitative estimate of drug-likeness (QED) is 0.756. The fourth-order valence-electron chi connectivity index (χ4n) is 2.47. The summed E-state index contributed by atoms with van der Waals surface area (Å²) in [7, 11) is -3.40. The van der Waals surface area contributed by atoms with E-state index in [1.165, 1.54) is 24.3 Å². The number of rotatable bonds is 4. The average Bonchev–Trinajstić information content (AvgIpc) is 3.02. The van der Waals surface area contributed by atoms with Crippen LogP contribution in [0.1, 0.15) is 21.5 Å². The molecule has 1 N–H and O–H groups in total. The second kappa shape index (κ2) is 6.72. The molecule has 0 radical (unpaired) electrons. The molecule has 0 spiro atoms. The lowest BCUT2D eigenvalue weighted by Gasteiger charge is -2.03. The molecular weight excluding hydrogens is 354 g/mol. The lowest BCUT2D eigenvalue weighted by molar-refractivity contribution is 0.102. The van der Waals surface area contributed by atoms with Gasteiger partial charge in [-0.05, 0) is 43.7 Å². The Morgan fingerprint density at radius 1 is 1.08 bits per heavy atom. The van der Waals surface area contributed by atoms with Crippen LogP contribution in [0, 0.1) is 13.8 Å². The molecule has 0 aliphatic carbocycles. The molecule has 0 bridgehead atoms. The van der Waals surface area contributed by atoms with Gasteiger partial charge in [0.15, 0.2) is 9.84 Å². The van der Waals surface area contributed by atoms with E-state index in [0.29, 0.717) is 5.89 Å². The van der Waals surface area contributed by atoms with Gasteiger partial charge in [-0.15, -0.1) is 5.10 Å². The summed E-state index contributed by atoms with van der Waals surface area (Å²) >= 11 is 0. The zero-order valence-electron chi connectivity index (χ0n) is 14.5. The van der Waals surface area contributed by atoms with Crippen molar-refractivity contribution in [3.8, 4) is 11.5 Å². The van der Waals surface area contributed by atoms with Gasteiger partial charge in [0.2, 0.25) is 5.89 Å². The van der Waals surface area contributed by atoms with Gasteiger partial charge in [-0.3, -0.25) is 10.1 Å². The van der Waals surface area contributed by atoms with Crippen LogP contribution in [-0.4, -0.2) is 30.8 Å².